The fourth-order valence-electron chi connectivity index (χ4n) is 9.83. The van der Waals surface area contributed by atoms with Crippen LogP contribution in [0, 0.1) is 0 Å². The van der Waals surface area contributed by atoms with E-state index in [0.717, 1.165) is 32.1 Å². The third-order valence-electron chi connectivity index (χ3n) is 15.0. The van der Waals surface area contributed by atoms with Crippen molar-refractivity contribution >= 4 is 19.8 Å². The molecule has 0 aliphatic carbocycles. The molecule has 0 rings (SSSR count). The van der Waals surface area contributed by atoms with Gasteiger partial charge in [-0.25, -0.2) is 4.57 Å². The fourth-order valence-corrected chi connectivity index (χ4v) is 10.6. The van der Waals surface area contributed by atoms with E-state index in [1.165, 1.54) is 270 Å². The number of unbranched alkanes of at least 4 members (excludes halogenated alkanes) is 44. The number of ether oxygens (including phenoxy) is 2. The predicted molar refractivity (Wildman–Crippen MR) is 326 cm³/mol. The molecule has 0 heterocycles. The Labute approximate surface area is 472 Å². The maximum atomic E-state index is 12.9. The molecule has 0 spiro atoms. The van der Waals surface area contributed by atoms with Gasteiger partial charge in [0.15, 0.2) is 6.10 Å². The summed E-state index contributed by atoms with van der Waals surface area (Å²) in [5.41, 5.74) is 0. The van der Waals surface area contributed by atoms with Crippen molar-refractivity contribution in [3.05, 3.63) is 24.3 Å². The number of allylic oxidation sites excluding steroid dienone is 4. The first-order chi connectivity index (χ1) is 37.0. The van der Waals surface area contributed by atoms with Crippen LogP contribution in [0.1, 0.15) is 335 Å². The van der Waals surface area contributed by atoms with Gasteiger partial charge in [-0.15, -0.1) is 0 Å². The van der Waals surface area contributed by atoms with E-state index >= 15 is 0 Å². The lowest BCUT2D eigenvalue weighted by atomic mass is 10.0. The Morgan fingerprint density at radius 3 is 0.974 bits per heavy atom. The van der Waals surface area contributed by atoms with Gasteiger partial charge < -0.3 is 18.9 Å². The molecule has 9 nitrogen and oxygen atoms in total. The van der Waals surface area contributed by atoms with E-state index in [4.69, 9.17) is 18.5 Å². The SMILES string of the molecule is CCCCCCCCCC/C=C\CCCCCCCCCCCCCCCCCCCCCC(=O)OC(COC(=O)CCCCCCCCCCC/C=C\CCCCCCCCCC)COP(=O)(O)OCC[N+](C)(C)C. The lowest BCUT2D eigenvalue weighted by Crippen LogP contribution is -2.37. The summed E-state index contributed by atoms with van der Waals surface area (Å²) in [7, 11) is 1.49. The van der Waals surface area contributed by atoms with Crippen LogP contribution in [-0.4, -0.2) is 74.9 Å². The number of phosphoric acid groups is 1. The first-order valence-electron chi connectivity index (χ1n) is 33.1. The van der Waals surface area contributed by atoms with Crippen LogP contribution in [0.2, 0.25) is 0 Å². The van der Waals surface area contributed by atoms with Gasteiger partial charge in [-0.1, -0.05) is 282 Å². The Kier molecular flexibility index (Phi) is 57.0. The molecule has 0 radical (unpaired) electrons. The summed E-state index contributed by atoms with van der Waals surface area (Å²) in [5.74, 6) is -0.780. The summed E-state index contributed by atoms with van der Waals surface area (Å²) in [6.07, 6.45) is 71.3. The van der Waals surface area contributed by atoms with Crippen molar-refractivity contribution in [3.8, 4) is 0 Å². The van der Waals surface area contributed by atoms with Crippen LogP contribution in [0.4, 0.5) is 0 Å². The van der Waals surface area contributed by atoms with Gasteiger partial charge in [0.05, 0.1) is 27.7 Å². The number of hydrogen-bond acceptors (Lipinski definition) is 7. The van der Waals surface area contributed by atoms with Crippen LogP contribution in [-0.2, 0) is 32.7 Å². The zero-order valence-electron chi connectivity index (χ0n) is 51.3. The average Bonchev–Trinajstić information content (AvgIpc) is 3.38. The molecule has 0 aromatic heterocycles. The van der Waals surface area contributed by atoms with E-state index in [2.05, 4.69) is 38.2 Å². The van der Waals surface area contributed by atoms with Crippen LogP contribution in [0.5, 0.6) is 0 Å². The third-order valence-corrected chi connectivity index (χ3v) is 15.9. The van der Waals surface area contributed by atoms with Crippen molar-refractivity contribution in [2.45, 2.75) is 341 Å². The van der Waals surface area contributed by atoms with Gasteiger partial charge >= 0.3 is 19.8 Å². The normalized spacial score (nSPS) is 13.3. The minimum absolute atomic E-state index is 0.0344. The van der Waals surface area contributed by atoms with E-state index in [9.17, 15) is 19.0 Å². The lowest BCUT2D eigenvalue weighted by molar-refractivity contribution is -0.870. The van der Waals surface area contributed by atoms with E-state index in [0.29, 0.717) is 23.9 Å². The molecule has 0 aromatic carbocycles. The molecular formula is C66H129NO8P+. The molecule has 450 valence electrons. The Morgan fingerprint density at radius 2 is 0.671 bits per heavy atom. The summed E-state index contributed by atoms with van der Waals surface area (Å²) in [5, 5.41) is 0. The first kappa shape index (κ1) is 74.5. The zero-order valence-corrected chi connectivity index (χ0v) is 52.2. The van der Waals surface area contributed by atoms with Gasteiger partial charge in [-0.3, -0.25) is 18.6 Å². The molecule has 0 saturated carbocycles. The number of carbonyl (C=O) groups excluding carboxylic acids is 2. The molecular weight excluding hydrogens is 966 g/mol. The van der Waals surface area contributed by atoms with Crippen LogP contribution >= 0.6 is 7.82 Å². The van der Waals surface area contributed by atoms with Crippen LogP contribution in [0.3, 0.4) is 0 Å². The molecule has 0 aliphatic heterocycles. The van der Waals surface area contributed by atoms with E-state index in [-0.39, 0.29) is 25.6 Å². The van der Waals surface area contributed by atoms with Crippen molar-refractivity contribution in [2.24, 2.45) is 0 Å². The van der Waals surface area contributed by atoms with Crippen molar-refractivity contribution in [1.82, 2.24) is 0 Å². The molecule has 10 heteroatoms. The summed E-state index contributed by atoms with van der Waals surface area (Å²) in [6, 6.07) is 0. The molecule has 1 N–H and O–H groups in total. The van der Waals surface area contributed by atoms with Crippen LogP contribution < -0.4 is 0 Å². The van der Waals surface area contributed by atoms with E-state index in [1.807, 2.05) is 21.1 Å². The number of hydrogen-bond donors (Lipinski definition) is 1. The van der Waals surface area contributed by atoms with Gasteiger partial charge in [0.25, 0.3) is 0 Å². The minimum Gasteiger partial charge on any atom is -0.462 e. The second-order valence-electron chi connectivity index (χ2n) is 23.9. The number of carbonyl (C=O) groups is 2. The number of likely N-dealkylation sites (N-methyl/N-ethyl adjacent to an activating group) is 1. The van der Waals surface area contributed by atoms with Gasteiger partial charge in [0.1, 0.15) is 19.8 Å². The topological polar surface area (TPSA) is 108 Å². The molecule has 0 saturated heterocycles. The Hall–Kier alpha value is -1.51. The van der Waals surface area contributed by atoms with Gasteiger partial charge in [-0.05, 0) is 64.2 Å². The van der Waals surface area contributed by atoms with Crippen molar-refractivity contribution in [1.29, 1.82) is 0 Å². The Balaban J connectivity index is 4.02. The van der Waals surface area contributed by atoms with Crippen LogP contribution in [0.15, 0.2) is 24.3 Å². The number of rotatable bonds is 62. The summed E-state index contributed by atoms with van der Waals surface area (Å²) in [4.78, 5) is 35.8. The van der Waals surface area contributed by atoms with E-state index in [1.54, 1.807) is 0 Å². The maximum absolute atomic E-state index is 12.9. The molecule has 0 aromatic rings. The molecule has 76 heavy (non-hydrogen) atoms. The quantitative estimate of drug-likeness (QED) is 0.0211. The minimum atomic E-state index is -4.39. The highest BCUT2D eigenvalue weighted by Crippen LogP contribution is 2.43. The standard InChI is InChI=1S/C66H128NO8P/c1-6-8-10-12-14-16-18-20-22-24-26-28-29-30-31-32-33-34-35-36-37-39-41-43-45-47-49-51-53-55-57-59-66(69)75-64(63-74-76(70,71)73-61-60-67(3,4)5)62-72-65(68)58-56-54-52-50-48-46-44-42-40-38-27-25-23-21-19-17-15-13-11-9-7-2/h24-27,64H,6-23,28-63H2,1-5H3/p+1/b26-24-,27-25-. The summed E-state index contributed by atoms with van der Waals surface area (Å²) < 4.78 is 34.7. The Morgan fingerprint density at radius 1 is 0.395 bits per heavy atom. The van der Waals surface area contributed by atoms with Crippen molar-refractivity contribution < 1.29 is 42.1 Å². The van der Waals surface area contributed by atoms with Crippen LogP contribution in [0.25, 0.3) is 0 Å². The van der Waals surface area contributed by atoms with Gasteiger partial charge in [-0.2, -0.15) is 0 Å². The molecule has 0 fully saturated rings. The molecule has 2 unspecified atom stereocenters. The highest BCUT2D eigenvalue weighted by Gasteiger charge is 2.27. The number of esters is 2. The Bertz CT molecular complexity index is 1330. The lowest BCUT2D eigenvalue weighted by Gasteiger charge is -2.24. The molecule has 2 atom stereocenters. The maximum Gasteiger partial charge on any atom is 0.472 e. The number of phosphoric ester groups is 1. The van der Waals surface area contributed by atoms with Gasteiger partial charge in [0.2, 0.25) is 0 Å². The highest BCUT2D eigenvalue weighted by molar-refractivity contribution is 7.47. The summed E-state index contributed by atoms with van der Waals surface area (Å²) in [6.45, 7) is 4.49. The van der Waals surface area contributed by atoms with Crippen molar-refractivity contribution in [2.75, 3.05) is 47.5 Å². The van der Waals surface area contributed by atoms with Crippen molar-refractivity contribution in [3.63, 3.8) is 0 Å². The molecule has 0 bridgehead atoms. The average molecular weight is 1100 g/mol. The predicted octanol–water partition coefficient (Wildman–Crippen LogP) is 20.9. The van der Waals surface area contributed by atoms with Gasteiger partial charge in [0, 0.05) is 12.8 Å². The third kappa shape index (κ3) is 61.7. The first-order valence-corrected chi connectivity index (χ1v) is 34.6. The highest BCUT2D eigenvalue weighted by atomic mass is 31.2. The number of nitrogens with zero attached hydrogens (tertiary/aromatic N) is 1. The second kappa shape index (κ2) is 58.2. The smallest absolute Gasteiger partial charge is 0.462 e. The monoisotopic (exact) mass is 1090 g/mol. The van der Waals surface area contributed by atoms with E-state index < -0.39 is 26.5 Å². The zero-order chi connectivity index (χ0) is 55.6. The number of quaternary nitrogens is 1. The molecule has 0 aliphatic rings. The second-order valence-corrected chi connectivity index (χ2v) is 25.3. The largest absolute Gasteiger partial charge is 0.472 e. The fraction of sp³-hybridized carbons (Fsp3) is 0.909. The molecule has 0 amide bonds. The summed E-state index contributed by atoms with van der Waals surface area (Å²) >= 11 is 0.